The van der Waals surface area contributed by atoms with Crippen molar-refractivity contribution in [3.05, 3.63) is 122 Å². The topological polar surface area (TPSA) is 78.9 Å². The molecule has 0 saturated heterocycles. The summed E-state index contributed by atoms with van der Waals surface area (Å²) in [7, 11) is 0. The molecule has 63 heavy (non-hydrogen) atoms. The largest absolute Gasteiger partial charge is 0.462 e. The molecule has 0 bridgehead atoms. The Hall–Kier alpha value is -4.19. The molecule has 0 saturated carbocycles. The van der Waals surface area contributed by atoms with E-state index < -0.39 is 6.10 Å². The molecule has 0 fully saturated rings. The fraction of sp³-hybridized carbons (Fsp3) is 0.596. The number of unbranched alkanes of at least 4 members (excludes halogenated alkanes) is 16. The first-order valence-electron chi connectivity index (χ1n) is 25.1. The van der Waals surface area contributed by atoms with Crippen LogP contribution < -0.4 is 0 Å². The Morgan fingerprint density at radius 2 is 0.730 bits per heavy atom. The van der Waals surface area contributed by atoms with Crippen molar-refractivity contribution in [1.29, 1.82) is 0 Å². The molecule has 0 aromatic heterocycles. The monoisotopic (exact) mass is 871 g/mol. The van der Waals surface area contributed by atoms with E-state index in [4.69, 9.17) is 14.2 Å². The molecule has 1 unspecified atom stereocenters. The number of ether oxygens (including phenoxy) is 3. The van der Waals surface area contributed by atoms with E-state index in [0.29, 0.717) is 19.3 Å². The first-order chi connectivity index (χ1) is 31.0. The number of allylic oxidation sites excluding steroid dienone is 20. The second-order valence-electron chi connectivity index (χ2n) is 16.1. The van der Waals surface area contributed by atoms with Crippen molar-refractivity contribution in [3.63, 3.8) is 0 Å². The molecule has 1 atom stereocenters. The minimum absolute atomic E-state index is 0.142. The van der Waals surface area contributed by atoms with Crippen molar-refractivity contribution in [1.82, 2.24) is 0 Å². The van der Waals surface area contributed by atoms with E-state index in [1.165, 1.54) is 83.5 Å². The Labute approximate surface area is 386 Å². The van der Waals surface area contributed by atoms with Crippen LogP contribution in [0.5, 0.6) is 0 Å². The zero-order valence-electron chi connectivity index (χ0n) is 40.3. The van der Waals surface area contributed by atoms with Gasteiger partial charge in [0, 0.05) is 19.3 Å². The minimum Gasteiger partial charge on any atom is -0.462 e. The van der Waals surface area contributed by atoms with Gasteiger partial charge < -0.3 is 14.2 Å². The fourth-order valence-electron chi connectivity index (χ4n) is 6.29. The molecule has 0 spiro atoms. The molecule has 0 rings (SSSR count). The Kier molecular flexibility index (Phi) is 47.1. The Morgan fingerprint density at radius 3 is 1.25 bits per heavy atom. The highest BCUT2D eigenvalue weighted by Gasteiger charge is 2.19. The molecule has 0 aliphatic carbocycles. The average Bonchev–Trinajstić information content (AvgIpc) is 3.28. The lowest BCUT2D eigenvalue weighted by atomic mass is 10.1. The molecular weight excluding hydrogens is 781 g/mol. The van der Waals surface area contributed by atoms with Gasteiger partial charge in [0.2, 0.25) is 0 Å². The van der Waals surface area contributed by atoms with Crippen molar-refractivity contribution in [2.45, 2.75) is 207 Å². The molecule has 0 aromatic rings. The lowest BCUT2D eigenvalue weighted by Crippen LogP contribution is -2.30. The van der Waals surface area contributed by atoms with Crippen LogP contribution in [0, 0.1) is 0 Å². The zero-order chi connectivity index (χ0) is 45.8. The third-order valence-corrected chi connectivity index (χ3v) is 10.1. The lowest BCUT2D eigenvalue weighted by Gasteiger charge is -2.18. The van der Waals surface area contributed by atoms with Crippen LogP contribution in [0.4, 0.5) is 0 Å². The molecule has 0 amide bonds. The molecule has 0 radical (unpaired) electrons. The molecular formula is C57H90O6. The lowest BCUT2D eigenvalue weighted by molar-refractivity contribution is -0.166. The number of carbonyl (C=O) groups excluding carboxylic acids is 3. The van der Waals surface area contributed by atoms with Crippen LogP contribution in [0.3, 0.4) is 0 Å². The van der Waals surface area contributed by atoms with Crippen molar-refractivity contribution in [2.24, 2.45) is 0 Å². The number of esters is 3. The summed E-state index contributed by atoms with van der Waals surface area (Å²) in [5, 5.41) is 0. The summed E-state index contributed by atoms with van der Waals surface area (Å²) in [5.41, 5.74) is 0. The Bertz CT molecular complexity index is 1370. The summed E-state index contributed by atoms with van der Waals surface area (Å²) in [6, 6.07) is 0. The van der Waals surface area contributed by atoms with Crippen LogP contribution in [0.1, 0.15) is 201 Å². The smallest absolute Gasteiger partial charge is 0.306 e. The predicted octanol–water partition coefficient (Wildman–Crippen LogP) is 16.5. The first-order valence-corrected chi connectivity index (χ1v) is 25.1. The normalized spacial score (nSPS) is 13.1. The highest BCUT2D eigenvalue weighted by Crippen LogP contribution is 2.11. The van der Waals surface area contributed by atoms with E-state index in [2.05, 4.69) is 87.6 Å². The molecule has 0 aliphatic heterocycles. The summed E-state index contributed by atoms with van der Waals surface area (Å²) in [6.07, 6.45) is 69.1. The van der Waals surface area contributed by atoms with Gasteiger partial charge in [0.05, 0.1) is 0 Å². The summed E-state index contributed by atoms with van der Waals surface area (Å²) < 4.78 is 16.6. The van der Waals surface area contributed by atoms with Crippen LogP contribution in [0.15, 0.2) is 122 Å². The average molecular weight is 871 g/mol. The van der Waals surface area contributed by atoms with E-state index in [-0.39, 0.29) is 50.4 Å². The number of hydrogen-bond acceptors (Lipinski definition) is 6. The summed E-state index contributed by atoms with van der Waals surface area (Å²) in [6.45, 7) is 6.32. The standard InChI is InChI=1S/C57H90O6/c1-4-7-10-13-16-19-22-25-27-28-30-32-35-38-41-44-47-50-56(59)62-53-54(52-61-55(58)49-46-43-40-37-34-31-24-21-18-15-12-9-6-3)63-57(60)51-48-45-42-39-36-33-29-26-23-20-17-14-11-8-5-2/h8,11,14,17,20,23,25-27,29-34,36,38,40-41,43,54H,4-7,9-10,12-13,15-16,18-19,21-22,24,28,35,37,39,42,44-53H2,1-3H3/b11-8-,17-14-,23-20-,27-25-,29-26-,32-30-,34-31-,36-33-,41-38-,43-40-. The fourth-order valence-corrected chi connectivity index (χ4v) is 6.29. The Morgan fingerprint density at radius 1 is 0.349 bits per heavy atom. The SMILES string of the molecule is CC\C=C/C=C\C=C/C=C\C=C/CCCCCC(=O)OC(COC(=O)CC/C=C\C/C=C\CCCCCCCC)COC(=O)CCC/C=C\C/C=C\C/C=C\CCCCCCCC. The van der Waals surface area contributed by atoms with E-state index in [1.54, 1.807) is 0 Å². The summed E-state index contributed by atoms with van der Waals surface area (Å²) in [4.78, 5) is 37.9. The Balaban J connectivity index is 4.63. The maximum absolute atomic E-state index is 12.8. The van der Waals surface area contributed by atoms with Gasteiger partial charge in [-0.2, -0.15) is 0 Å². The van der Waals surface area contributed by atoms with E-state index >= 15 is 0 Å². The number of rotatable bonds is 43. The summed E-state index contributed by atoms with van der Waals surface area (Å²) >= 11 is 0. The highest BCUT2D eigenvalue weighted by atomic mass is 16.6. The van der Waals surface area contributed by atoms with Gasteiger partial charge in [0.25, 0.3) is 0 Å². The van der Waals surface area contributed by atoms with Crippen molar-refractivity contribution in [3.8, 4) is 0 Å². The molecule has 0 N–H and O–H groups in total. The van der Waals surface area contributed by atoms with Crippen LogP contribution in [-0.4, -0.2) is 37.2 Å². The molecule has 0 aromatic carbocycles. The number of carbonyl (C=O) groups is 3. The van der Waals surface area contributed by atoms with Gasteiger partial charge in [-0.1, -0.05) is 213 Å². The first kappa shape index (κ1) is 58.8. The molecule has 6 heteroatoms. The van der Waals surface area contributed by atoms with E-state index in [1.807, 2.05) is 54.7 Å². The second kappa shape index (κ2) is 50.5. The van der Waals surface area contributed by atoms with Crippen LogP contribution in [0.25, 0.3) is 0 Å². The van der Waals surface area contributed by atoms with Gasteiger partial charge >= 0.3 is 17.9 Å². The van der Waals surface area contributed by atoms with Crippen LogP contribution in [-0.2, 0) is 28.6 Å². The molecule has 0 heterocycles. The van der Waals surface area contributed by atoms with Gasteiger partial charge in [-0.3, -0.25) is 14.4 Å². The molecule has 6 nitrogen and oxygen atoms in total. The maximum Gasteiger partial charge on any atom is 0.306 e. The van der Waals surface area contributed by atoms with Crippen molar-refractivity contribution < 1.29 is 28.6 Å². The predicted molar refractivity (Wildman–Crippen MR) is 269 cm³/mol. The van der Waals surface area contributed by atoms with Gasteiger partial charge in [-0.05, 0) is 89.9 Å². The van der Waals surface area contributed by atoms with Crippen LogP contribution >= 0.6 is 0 Å². The van der Waals surface area contributed by atoms with E-state index in [0.717, 1.165) is 57.8 Å². The number of hydrogen-bond donors (Lipinski definition) is 0. The summed E-state index contributed by atoms with van der Waals surface area (Å²) in [5.74, 6) is -1.11. The van der Waals surface area contributed by atoms with Gasteiger partial charge in [-0.25, -0.2) is 0 Å². The third kappa shape index (κ3) is 48.7. The zero-order valence-corrected chi connectivity index (χ0v) is 40.3. The van der Waals surface area contributed by atoms with Crippen LogP contribution in [0.2, 0.25) is 0 Å². The van der Waals surface area contributed by atoms with Crippen molar-refractivity contribution in [2.75, 3.05) is 13.2 Å². The molecule has 0 aliphatic rings. The maximum atomic E-state index is 12.8. The van der Waals surface area contributed by atoms with Crippen molar-refractivity contribution >= 4 is 17.9 Å². The van der Waals surface area contributed by atoms with Gasteiger partial charge in [0.1, 0.15) is 13.2 Å². The second-order valence-corrected chi connectivity index (χ2v) is 16.1. The third-order valence-electron chi connectivity index (χ3n) is 10.1. The van der Waals surface area contributed by atoms with Gasteiger partial charge in [-0.15, -0.1) is 0 Å². The minimum atomic E-state index is -0.845. The molecule has 354 valence electrons. The van der Waals surface area contributed by atoms with Gasteiger partial charge in [0.15, 0.2) is 6.10 Å². The van der Waals surface area contributed by atoms with E-state index in [9.17, 15) is 14.4 Å². The highest BCUT2D eigenvalue weighted by molar-refractivity contribution is 5.71. The quantitative estimate of drug-likeness (QED) is 0.0200.